The van der Waals surface area contributed by atoms with Crippen LogP contribution in [0.1, 0.15) is 0 Å². The molecule has 0 unspecified atom stereocenters. The van der Waals surface area contributed by atoms with Crippen molar-refractivity contribution in [2.24, 2.45) is 0 Å². The molecule has 0 aromatic carbocycles. The Kier molecular flexibility index (Phi) is 4.71. The molecule has 8 atom stereocenters. The fraction of sp³-hybridized carbons (Fsp3) is 1.00. The Morgan fingerprint density at radius 2 is 1.37 bits per heavy atom. The van der Waals surface area contributed by atoms with E-state index in [1.165, 1.54) is 0 Å². The Bertz CT molecular complexity index is 301. The third kappa shape index (κ3) is 3.05. The molecule has 6 N–H and O–H groups in total. The average molecular weight is 282 g/mol. The van der Waals surface area contributed by atoms with E-state index < -0.39 is 49.2 Å². The quantitative estimate of drug-likeness (QED) is 0.297. The number of hydrogen-bond donors (Lipinski definition) is 6. The lowest BCUT2D eigenvalue weighted by Crippen LogP contribution is -2.60. The van der Waals surface area contributed by atoms with E-state index in [2.05, 4.69) is 4.74 Å². The van der Waals surface area contributed by atoms with E-state index in [-0.39, 0.29) is 13.2 Å². The largest absolute Gasteiger partial charge is 0.388 e. The molecule has 0 amide bonds. The Morgan fingerprint density at radius 3 is 2.05 bits per heavy atom. The van der Waals surface area contributed by atoms with Crippen LogP contribution in [-0.4, -0.2) is 93.1 Å². The van der Waals surface area contributed by atoms with E-state index in [0.717, 1.165) is 0 Å². The number of aliphatic hydroxyl groups is 6. The van der Waals surface area contributed by atoms with Gasteiger partial charge in [-0.15, -0.1) is 0 Å². The molecular formula is C10H18O9. The van der Waals surface area contributed by atoms with Crippen molar-refractivity contribution in [1.82, 2.24) is 0 Å². The van der Waals surface area contributed by atoms with Gasteiger partial charge in [0.15, 0.2) is 12.6 Å². The summed E-state index contributed by atoms with van der Waals surface area (Å²) < 4.78 is 14.8. The zero-order valence-corrected chi connectivity index (χ0v) is 9.94. The van der Waals surface area contributed by atoms with E-state index in [4.69, 9.17) is 9.47 Å². The van der Waals surface area contributed by atoms with Crippen molar-refractivity contribution >= 4 is 0 Å². The summed E-state index contributed by atoms with van der Waals surface area (Å²) in [5.41, 5.74) is 0. The molecule has 0 aromatic rings. The summed E-state index contributed by atoms with van der Waals surface area (Å²) in [5.74, 6) is 0. The highest BCUT2D eigenvalue weighted by Gasteiger charge is 2.45. The van der Waals surface area contributed by atoms with E-state index in [0.29, 0.717) is 0 Å². The molecule has 2 rings (SSSR count). The second kappa shape index (κ2) is 5.95. The van der Waals surface area contributed by atoms with Gasteiger partial charge in [0.05, 0.1) is 13.2 Å². The second-order valence-corrected chi connectivity index (χ2v) is 4.63. The Labute approximate surface area is 108 Å². The zero-order valence-electron chi connectivity index (χ0n) is 9.94. The monoisotopic (exact) mass is 282 g/mol. The van der Waals surface area contributed by atoms with Gasteiger partial charge in [0.1, 0.15) is 36.6 Å². The minimum absolute atomic E-state index is 0.253. The third-order valence-corrected chi connectivity index (χ3v) is 3.19. The van der Waals surface area contributed by atoms with Gasteiger partial charge in [0.25, 0.3) is 0 Å². The fourth-order valence-corrected chi connectivity index (χ4v) is 2.01. The summed E-state index contributed by atoms with van der Waals surface area (Å²) in [6, 6.07) is 0. The SMILES string of the molecule is O[C@@H]1[C@@H](O[C@@H]2OC[C@H](O)[C@H](O)[C@H]2O)[C@@H](O)CO[C@H]1O. The smallest absolute Gasteiger partial charge is 0.186 e. The number of aliphatic hydroxyl groups excluding tert-OH is 6. The topological polar surface area (TPSA) is 149 Å². The standard InChI is InChI=1S/C10H18O9/c11-3-1-18-10(6(14)5(3)13)19-8-4(12)2-17-9(16)7(8)15/h3-16H,1-2H2/t3-,4-,5-,6+,7+,8-,9+,10-/m0/s1. The molecule has 112 valence electrons. The fourth-order valence-electron chi connectivity index (χ4n) is 2.01. The molecule has 0 aromatic heterocycles. The maximum absolute atomic E-state index is 9.66. The number of ether oxygens (including phenoxy) is 3. The lowest BCUT2D eigenvalue weighted by atomic mass is 10.0. The number of hydrogen-bond acceptors (Lipinski definition) is 9. The van der Waals surface area contributed by atoms with E-state index in [1.807, 2.05) is 0 Å². The molecule has 0 spiro atoms. The van der Waals surface area contributed by atoms with Gasteiger partial charge >= 0.3 is 0 Å². The molecule has 0 radical (unpaired) electrons. The zero-order chi connectivity index (χ0) is 14.2. The molecule has 19 heavy (non-hydrogen) atoms. The first-order valence-electron chi connectivity index (χ1n) is 5.89. The first-order chi connectivity index (χ1) is 8.91. The molecular weight excluding hydrogens is 264 g/mol. The van der Waals surface area contributed by atoms with Crippen LogP contribution in [0.15, 0.2) is 0 Å². The molecule has 2 aliphatic heterocycles. The van der Waals surface area contributed by atoms with Gasteiger partial charge in [-0.2, -0.15) is 0 Å². The third-order valence-electron chi connectivity index (χ3n) is 3.19. The second-order valence-electron chi connectivity index (χ2n) is 4.63. The van der Waals surface area contributed by atoms with Crippen LogP contribution in [-0.2, 0) is 14.2 Å². The highest BCUT2D eigenvalue weighted by molar-refractivity contribution is 4.87. The lowest BCUT2D eigenvalue weighted by Gasteiger charge is -2.41. The summed E-state index contributed by atoms with van der Waals surface area (Å²) in [5, 5.41) is 57.0. The van der Waals surface area contributed by atoms with Crippen molar-refractivity contribution in [2.45, 2.75) is 49.2 Å². The van der Waals surface area contributed by atoms with Crippen LogP contribution in [0.5, 0.6) is 0 Å². The van der Waals surface area contributed by atoms with Crippen LogP contribution < -0.4 is 0 Å². The Morgan fingerprint density at radius 1 is 0.737 bits per heavy atom. The van der Waals surface area contributed by atoms with E-state index in [9.17, 15) is 30.6 Å². The van der Waals surface area contributed by atoms with Crippen molar-refractivity contribution in [3.8, 4) is 0 Å². The van der Waals surface area contributed by atoms with Gasteiger partial charge in [-0.3, -0.25) is 0 Å². The summed E-state index contributed by atoms with van der Waals surface area (Å²) in [4.78, 5) is 0. The first-order valence-corrected chi connectivity index (χ1v) is 5.89. The van der Waals surface area contributed by atoms with Crippen molar-refractivity contribution < 1.29 is 44.8 Å². The molecule has 2 aliphatic rings. The van der Waals surface area contributed by atoms with Gasteiger partial charge in [-0.25, -0.2) is 0 Å². The molecule has 9 nitrogen and oxygen atoms in total. The Hall–Kier alpha value is -0.360. The number of rotatable bonds is 2. The van der Waals surface area contributed by atoms with E-state index >= 15 is 0 Å². The van der Waals surface area contributed by atoms with Crippen molar-refractivity contribution in [3.63, 3.8) is 0 Å². The lowest BCUT2D eigenvalue weighted by molar-refractivity contribution is -0.329. The molecule has 2 fully saturated rings. The van der Waals surface area contributed by atoms with Crippen molar-refractivity contribution in [3.05, 3.63) is 0 Å². The normalized spacial score (nSPS) is 52.1. The van der Waals surface area contributed by atoms with Gasteiger partial charge in [0, 0.05) is 0 Å². The molecule has 0 aliphatic carbocycles. The summed E-state index contributed by atoms with van der Waals surface area (Å²) in [6.45, 7) is -0.516. The van der Waals surface area contributed by atoms with Crippen LogP contribution in [0.25, 0.3) is 0 Å². The van der Waals surface area contributed by atoms with Gasteiger partial charge < -0.3 is 44.8 Å². The van der Waals surface area contributed by atoms with Gasteiger partial charge in [0.2, 0.25) is 0 Å². The summed E-state index contributed by atoms with van der Waals surface area (Å²) in [7, 11) is 0. The van der Waals surface area contributed by atoms with Crippen LogP contribution in [0.4, 0.5) is 0 Å². The maximum Gasteiger partial charge on any atom is 0.186 e. The van der Waals surface area contributed by atoms with Crippen molar-refractivity contribution in [2.75, 3.05) is 13.2 Å². The minimum Gasteiger partial charge on any atom is -0.388 e. The predicted molar refractivity (Wildman–Crippen MR) is 56.6 cm³/mol. The van der Waals surface area contributed by atoms with Crippen LogP contribution >= 0.6 is 0 Å². The minimum atomic E-state index is -1.54. The predicted octanol–water partition coefficient (Wildman–Crippen LogP) is -4.12. The molecule has 0 saturated carbocycles. The summed E-state index contributed by atoms with van der Waals surface area (Å²) >= 11 is 0. The Balaban J connectivity index is 1.99. The van der Waals surface area contributed by atoms with Crippen molar-refractivity contribution in [1.29, 1.82) is 0 Å². The molecule has 0 bridgehead atoms. The van der Waals surface area contributed by atoms with Gasteiger partial charge in [-0.1, -0.05) is 0 Å². The molecule has 2 heterocycles. The highest BCUT2D eigenvalue weighted by atomic mass is 16.7. The van der Waals surface area contributed by atoms with Crippen LogP contribution in [0.3, 0.4) is 0 Å². The van der Waals surface area contributed by atoms with Crippen LogP contribution in [0.2, 0.25) is 0 Å². The first kappa shape index (κ1) is 15.0. The molecule has 2 saturated heterocycles. The van der Waals surface area contributed by atoms with Gasteiger partial charge in [-0.05, 0) is 0 Å². The summed E-state index contributed by atoms with van der Waals surface area (Å²) in [6.07, 6.45) is -11.1. The van der Waals surface area contributed by atoms with E-state index in [1.54, 1.807) is 0 Å². The molecule has 9 heteroatoms. The highest BCUT2D eigenvalue weighted by Crippen LogP contribution is 2.23. The van der Waals surface area contributed by atoms with Crippen LogP contribution in [0, 0.1) is 0 Å². The maximum atomic E-state index is 9.66. The average Bonchev–Trinajstić information content (AvgIpc) is 2.39.